The Morgan fingerprint density at radius 2 is 1.33 bits per heavy atom. The summed E-state index contributed by atoms with van der Waals surface area (Å²) < 4.78 is 73.9. The summed E-state index contributed by atoms with van der Waals surface area (Å²) in [4.78, 5) is 14.8. The van der Waals surface area contributed by atoms with E-state index in [9.17, 15) is 26.3 Å². The lowest BCUT2D eigenvalue weighted by atomic mass is 10.1. The van der Waals surface area contributed by atoms with Crippen LogP contribution in [0, 0.1) is 0 Å². The van der Waals surface area contributed by atoms with Crippen LogP contribution < -0.4 is 11.5 Å². The van der Waals surface area contributed by atoms with E-state index in [2.05, 4.69) is 41.8 Å². The van der Waals surface area contributed by atoms with E-state index < -0.39 is 23.5 Å². The molecule has 3 aromatic rings. The van der Waals surface area contributed by atoms with Gasteiger partial charge in [0.1, 0.15) is 0 Å². The van der Waals surface area contributed by atoms with E-state index in [0.29, 0.717) is 11.0 Å². The second kappa shape index (κ2) is 10.0. The van der Waals surface area contributed by atoms with Gasteiger partial charge in [0.15, 0.2) is 0 Å². The number of imidazole rings is 1. The number of benzene rings is 2. The van der Waals surface area contributed by atoms with Crippen molar-refractivity contribution in [3.63, 3.8) is 0 Å². The number of hydrogen-bond donors (Lipinski definition) is 4. The Labute approximate surface area is 181 Å². The Hall–Kier alpha value is -2.48. The number of halogens is 8. The van der Waals surface area contributed by atoms with Crippen molar-refractivity contribution in [1.82, 2.24) is 9.97 Å². The van der Waals surface area contributed by atoms with Gasteiger partial charge in [-0.25, -0.2) is 4.98 Å². The minimum absolute atomic E-state index is 0.00426. The van der Waals surface area contributed by atoms with E-state index in [0.717, 1.165) is 18.2 Å². The van der Waals surface area contributed by atoms with Crippen molar-refractivity contribution in [3.05, 3.63) is 50.7 Å². The van der Waals surface area contributed by atoms with E-state index in [-0.39, 0.29) is 26.8 Å². The number of fused-ring (bicyclic) bond motifs is 1. The number of carbonyl (C=O) groups is 1. The van der Waals surface area contributed by atoms with Crippen molar-refractivity contribution >= 4 is 60.7 Å². The van der Waals surface area contributed by atoms with Crippen molar-refractivity contribution in [2.75, 3.05) is 11.5 Å². The number of carboxylic acid groups (broad SMARTS) is 1. The highest BCUT2D eigenvalue weighted by Crippen LogP contribution is 2.38. The summed E-state index contributed by atoms with van der Waals surface area (Å²) >= 11 is 5.63. The van der Waals surface area contributed by atoms with Gasteiger partial charge in [-0.2, -0.15) is 26.3 Å². The molecule has 1 heterocycles. The van der Waals surface area contributed by atoms with Crippen LogP contribution in [0.1, 0.15) is 11.1 Å². The van der Waals surface area contributed by atoms with Crippen molar-refractivity contribution in [3.8, 4) is 0 Å². The number of H-pyrrole nitrogens is 1. The molecule has 6 nitrogen and oxygen atoms in total. The van der Waals surface area contributed by atoms with E-state index in [4.69, 9.17) is 21.4 Å². The quantitative estimate of drug-likeness (QED) is 0.159. The molecule has 164 valence electrons. The monoisotopic (exact) mass is 564 g/mol. The summed E-state index contributed by atoms with van der Waals surface area (Å²) in [6.45, 7) is -0.250. The Kier molecular flexibility index (Phi) is 8.53. The average molecular weight is 566 g/mol. The molecule has 0 radical (unpaired) electrons. The zero-order valence-corrected chi connectivity index (χ0v) is 17.6. The molecule has 0 saturated heterocycles. The van der Waals surface area contributed by atoms with Gasteiger partial charge in [0.2, 0.25) is 0 Å². The Balaban J connectivity index is 0.000000266. The highest BCUT2D eigenvalue weighted by molar-refractivity contribution is 9.10. The number of nitrogens with zero attached hydrogens (tertiary/aromatic N) is 1. The molecule has 0 aliphatic rings. The van der Waals surface area contributed by atoms with Crippen LogP contribution in [0.2, 0.25) is 0 Å². The number of alkyl halides is 6. The molecule has 0 unspecified atom stereocenters. The topological polar surface area (TPSA) is 118 Å². The number of anilines is 2. The highest BCUT2D eigenvalue weighted by atomic mass is 79.9. The van der Waals surface area contributed by atoms with Gasteiger partial charge < -0.3 is 21.6 Å². The molecule has 0 atom stereocenters. The zero-order valence-electron chi connectivity index (χ0n) is 14.4. The fraction of sp³-hybridized carbons (Fsp3) is 0.125. The fourth-order valence-electron chi connectivity index (χ4n) is 2.00. The third kappa shape index (κ3) is 6.79. The van der Waals surface area contributed by atoms with Crippen LogP contribution in [0.15, 0.2) is 39.5 Å². The standard InChI is InChI=1S/C8H4BrF3N2.C7H6BrF3N2.CH2O2/c9-5-2-7-6(13-3-14-7)1-4(5)8(10,11)12;8-4-2-6(13)5(12)1-3(4)7(9,10)11;2-1-3/h1-3H,(H,13,14);1-2H,12-13H2;1H,(H,2,3). The molecule has 0 saturated carbocycles. The first-order valence-corrected chi connectivity index (χ1v) is 9.00. The van der Waals surface area contributed by atoms with Crippen LogP contribution in [0.3, 0.4) is 0 Å². The lowest BCUT2D eigenvalue weighted by Crippen LogP contribution is -2.08. The third-order valence-corrected chi connectivity index (χ3v) is 4.60. The molecule has 14 heteroatoms. The summed E-state index contributed by atoms with van der Waals surface area (Å²) in [5.74, 6) is 0. The molecular formula is C16H12Br2F6N4O2. The van der Waals surface area contributed by atoms with Crippen molar-refractivity contribution < 1.29 is 36.2 Å². The number of aromatic nitrogens is 2. The van der Waals surface area contributed by atoms with Gasteiger partial charge in [0, 0.05) is 8.95 Å². The number of nitrogens with two attached hydrogens (primary N) is 2. The molecule has 0 spiro atoms. The molecule has 1 aromatic heterocycles. The average Bonchev–Trinajstić information content (AvgIpc) is 3.04. The van der Waals surface area contributed by atoms with Gasteiger partial charge in [0.25, 0.3) is 6.47 Å². The molecule has 30 heavy (non-hydrogen) atoms. The second-order valence-electron chi connectivity index (χ2n) is 5.31. The Morgan fingerprint density at radius 3 is 1.83 bits per heavy atom. The zero-order chi connectivity index (χ0) is 23.3. The normalized spacial score (nSPS) is 11.2. The molecule has 3 rings (SSSR count). The highest BCUT2D eigenvalue weighted by Gasteiger charge is 2.34. The van der Waals surface area contributed by atoms with Crippen molar-refractivity contribution in [1.29, 1.82) is 0 Å². The van der Waals surface area contributed by atoms with Crippen LogP contribution in [-0.2, 0) is 17.1 Å². The summed E-state index contributed by atoms with van der Waals surface area (Å²) in [6.07, 6.45) is -7.41. The maximum atomic E-state index is 12.4. The molecule has 0 bridgehead atoms. The maximum Gasteiger partial charge on any atom is 0.417 e. The number of nitrogen functional groups attached to an aromatic ring is 2. The smallest absolute Gasteiger partial charge is 0.417 e. The van der Waals surface area contributed by atoms with Gasteiger partial charge in [0.05, 0.1) is 39.9 Å². The predicted molar refractivity (Wildman–Crippen MR) is 105 cm³/mol. The van der Waals surface area contributed by atoms with Crippen LogP contribution in [0.4, 0.5) is 37.7 Å². The lowest BCUT2D eigenvalue weighted by molar-refractivity contribution is -0.138. The number of rotatable bonds is 0. The largest absolute Gasteiger partial charge is 0.483 e. The van der Waals surface area contributed by atoms with E-state index in [1.54, 1.807) is 0 Å². The Morgan fingerprint density at radius 1 is 0.900 bits per heavy atom. The van der Waals surface area contributed by atoms with E-state index in [1.165, 1.54) is 12.4 Å². The van der Waals surface area contributed by atoms with Crippen molar-refractivity contribution in [2.45, 2.75) is 12.4 Å². The van der Waals surface area contributed by atoms with Crippen LogP contribution in [-0.4, -0.2) is 21.5 Å². The molecule has 0 fully saturated rings. The van der Waals surface area contributed by atoms with E-state index >= 15 is 0 Å². The van der Waals surface area contributed by atoms with Crippen LogP contribution in [0.5, 0.6) is 0 Å². The fourth-order valence-corrected chi connectivity index (χ4v) is 3.14. The Bertz CT molecular complexity index is 1020. The first-order valence-electron chi connectivity index (χ1n) is 7.41. The van der Waals surface area contributed by atoms with Gasteiger partial charge in [-0.3, -0.25) is 4.79 Å². The molecule has 0 aliphatic carbocycles. The van der Waals surface area contributed by atoms with Crippen molar-refractivity contribution in [2.24, 2.45) is 0 Å². The molecule has 6 N–H and O–H groups in total. The third-order valence-electron chi connectivity index (χ3n) is 3.29. The SMILES string of the molecule is FC(F)(F)c1cc2[nH]cnc2cc1Br.Nc1cc(Br)c(C(F)(F)F)cc1N.O=CO. The van der Waals surface area contributed by atoms with Gasteiger partial charge in [-0.1, -0.05) is 31.9 Å². The number of nitrogens with one attached hydrogen (secondary N) is 1. The summed E-state index contributed by atoms with van der Waals surface area (Å²) in [5.41, 5.74) is 9.96. The molecule has 0 amide bonds. The first-order chi connectivity index (χ1) is 13.7. The van der Waals surface area contributed by atoms with Gasteiger partial charge in [-0.15, -0.1) is 0 Å². The minimum atomic E-state index is -4.42. The van der Waals surface area contributed by atoms with E-state index in [1.807, 2.05) is 0 Å². The lowest BCUT2D eigenvalue weighted by Gasteiger charge is -2.10. The first kappa shape index (κ1) is 25.6. The predicted octanol–water partition coefficient (Wildman–Crippen LogP) is 5.68. The van der Waals surface area contributed by atoms with Crippen LogP contribution >= 0.6 is 31.9 Å². The maximum absolute atomic E-state index is 12.4. The number of hydrogen-bond acceptors (Lipinski definition) is 4. The van der Waals surface area contributed by atoms with Gasteiger partial charge in [-0.05, 0) is 24.3 Å². The van der Waals surface area contributed by atoms with Gasteiger partial charge >= 0.3 is 12.4 Å². The molecule has 0 aliphatic heterocycles. The number of aromatic amines is 1. The minimum Gasteiger partial charge on any atom is -0.483 e. The summed E-state index contributed by atoms with van der Waals surface area (Å²) in [6, 6.07) is 4.32. The summed E-state index contributed by atoms with van der Waals surface area (Å²) in [5, 5.41) is 6.89. The summed E-state index contributed by atoms with van der Waals surface area (Å²) in [7, 11) is 0. The van der Waals surface area contributed by atoms with Crippen LogP contribution in [0.25, 0.3) is 11.0 Å². The second-order valence-corrected chi connectivity index (χ2v) is 7.02. The molecular weight excluding hydrogens is 554 g/mol. The molecule has 2 aromatic carbocycles.